The van der Waals surface area contributed by atoms with Gasteiger partial charge in [0.1, 0.15) is 23.3 Å². The first kappa shape index (κ1) is 29.7. The summed E-state index contributed by atoms with van der Waals surface area (Å²) < 4.78 is 34.5. The fourth-order valence-electron chi connectivity index (χ4n) is 6.36. The van der Waals surface area contributed by atoms with E-state index in [4.69, 9.17) is 4.74 Å². The summed E-state index contributed by atoms with van der Waals surface area (Å²) in [5, 5.41) is 5.72. The van der Waals surface area contributed by atoms with Crippen LogP contribution < -0.4 is 15.4 Å². The number of ketones is 2. The van der Waals surface area contributed by atoms with Crippen molar-refractivity contribution in [3.05, 3.63) is 30.0 Å². The van der Waals surface area contributed by atoms with Gasteiger partial charge in [-0.3, -0.25) is 24.0 Å². The van der Waals surface area contributed by atoms with Crippen molar-refractivity contribution in [3.63, 3.8) is 0 Å². The van der Waals surface area contributed by atoms with E-state index < -0.39 is 59.3 Å². The fraction of sp³-hybridized carbons (Fsp3) is 0.567. The van der Waals surface area contributed by atoms with Crippen molar-refractivity contribution >= 4 is 40.2 Å². The van der Waals surface area contributed by atoms with Crippen LogP contribution in [-0.2, 0) is 19.2 Å². The predicted octanol–water partition coefficient (Wildman–Crippen LogP) is 3.14. The van der Waals surface area contributed by atoms with Gasteiger partial charge in [0.2, 0.25) is 11.7 Å². The zero-order valence-electron chi connectivity index (χ0n) is 23.9. The lowest BCUT2D eigenvalue weighted by Crippen LogP contribution is -2.54. The number of rotatable bonds is 9. The Hall–Kier alpha value is -3.83. The Kier molecular flexibility index (Phi) is 7.84. The van der Waals surface area contributed by atoms with Crippen molar-refractivity contribution in [3.8, 4) is 5.75 Å². The molecule has 2 saturated carbocycles. The topological polar surface area (TPSA) is 138 Å². The highest BCUT2D eigenvalue weighted by Gasteiger charge is 2.75. The van der Waals surface area contributed by atoms with E-state index in [0.717, 1.165) is 17.7 Å². The Bertz CT molecular complexity index is 1440. The lowest BCUT2D eigenvalue weighted by Gasteiger charge is -2.28. The zero-order chi connectivity index (χ0) is 30.4. The van der Waals surface area contributed by atoms with Crippen molar-refractivity contribution < 1.29 is 37.5 Å². The molecule has 3 N–H and O–H groups in total. The molecule has 42 heavy (non-hydrogen) atoms. The zero-order valence-corrected chi connectivity index (χ0v) is 23.9. The van der Waals surface area contributed by atoms with Crippen LogP contribution >= 0.6 is 0 Å². The summed E-state index contributed by atoms with van der Waals surface area (Å²) in [5.74, 6) is -6.35. The summed E-state index contributed by atoms with van der Waals surface area (Å²) in [6.07, 6.45) is 1.59. The minimum Gasteiger partial charge on any atom is -0.496 e. The van der Waals surface area contributed by atoms with Gasteiger partial charge in [0, 0.05) is 42.2 Å². The SMILES string of the molecule is COc1cccc2[nH]c(C(=O)N3C[C@]4(C[C@H]3C(=O)N[C@@H](C[C@@H]3CCCCC3=O)C(=O)C(=O)NC(C)C)CC4(F)F)cc12. The largest absolute Gasteiger partial charge is 0.496 e. The second-order valence-electron chi connectivity index (χ2n) is 12.1. The number of ether oxygens (including phenoxy) is 1. The van der Waals surface area contributed by atoms with Crippen molar-refractivity contribution in [2.45, 2.75) is 82.8 Å². The van der Waals surface area contributed by atoms with Gasteiger partial charge in [0.05, 0.1) is 18.6 Å². The molecule has 2 heterocycles. The molecular formula is C30H36F2N4O6. The highest BCUT2D eigenvalue weighted by molar-refractivity contribution is 6.38. The van der Waals surface area contributed by atoms with Crippen LogP contribution in [0.3, 0.4) is 0 Å². The molecular weight excluding hydrogens is 550 g/mol. The third-order valence-electron chi connectivity index (χ3n) is 8.76. The summed E-state index contributed by atoms with van der Waals surface area (Å²) in [6.45, 7) is 3.03. The lowest BCUT2D eigenvalue weighted by atomic mass is 9.82. The number of fused-ring (bicyclic) bond motifs is 1. The highest BCUT2D eigenvalue weighted by atomic mass is 19.3. The van der Waals surface area contributed by atoms with Crippen LogP contribution in [0, 0.1) is 11.3 Å². The maximum atomic E-state index is 14.6. The first-order valence-electron chi connectivity index (χ1n) is 14.4. The third-order valence-corrected chi connectivity index (χ3v) is 8.76. The Balaban J connectivity index is 1.41. The lowest BCUT2D eigenvalue weighted by molar-refractivity contribution is -0.141. The van der Waals surface area contributed by atoms with Gasteiger partial charge in [-0.1, -0.05) is 12.5 Å². The Labute approximate surface area is 241 Å². The number of hydrogen-bond donors (Lipinski definition) is 3. The van der Waals surface area contributed by atoms with Gasteiger partial charge in [0.15, 0.2) is 0 Å². The number of H-pyrrole nitrogens is 1. The van der Waals surface area contributed by atoms with Gasteiger partial charge >= 0.3 is 0 Å². The number of amides is 3. The molecule has 3 fully saturated rings. The van der Waals surface area contributed by atoms with Crippen LogP contribution in [0.1, 0.15) is 69.3 Å². The number of nitrogens with zero attached hydrogens (tertiary/aromatic N) is 1. The smallest absolute Gasteiger partial charge is 0.289 e. The van der Waals surface area contributed by atoms with Gasteiger partial charge in [-0.15, -0.1) is 0 Å². The normalized spacial score (nSPS) is 25.5. The molecule has 5 rings (SSSR count). The average Bonchev–Trinajstić information content (AvgIpc) is 3.27. The number of hydrogen-bond acceptors (Lipinski definition) is 6. The van der Waals surface area contributed by atoms with Crippen LogP contribution in [0.15, 0.2) is 24.3 Å². The Morgan fingerprint density at radius 3 is 2.55 bits per heavy atom. The van der Waals surface area contributed by atoms with Crippen LogP contribution in [-0.4, -0.2) is 76.9 Å². The molecule has 1 aromatic heterocycles. The monoisotopic (exact) mass is 586 g/mol. The number of halogens is 2. The highest BCUT2D eigenvalue weighted by Crippen LogP contribution is 2.66. The van der Waals surface area contributed by atoms with E-state index in [2.05, 4.69) is 15.6 Å². The van der Waals surface area contributed by atoms with Crippen LogP contribution in [0.4, 0.5) is 8.78 Å². The third kappa shape index (κ3) is 5.50. The van der Waals surface area contributed by atoms with Crippen molar-refractivity contribution in [2.75, 3.05) is 13.7 Å². The first-order valence-corrected chi connectivity index (χ1v) is 14.4. The number of aromatic nitrogens is 1. The molecule has 1 aliphatic heterocycles. The molecule has 3 aliphatic rings. The molecule has 0 unspecified atom stereocenters. The second kappa shape index (κ2) is 11.1. The van der Waals surface area contributed by atoms with E-state index in [9.17, 15) is 32.8 Å². The number of carbonyl (C=O) groups excluding carboxylic acids is 5. The summed E-state index contributed by atoms with van der Waals surface area (Å²) in [7, 11) is 1.49. The van der Waals surface area contributed by atoms with E-state index >= 15 is 0 Å². The number of alkyl halides is 2. The van der Waals surface area contributed by atoms with Crippen LogP contribution in [0.25, 0.3) is 10.9 Å². The summed E-state index contributed by atoms with van der Waals surface area (Å²) in [6, 6.07) is 3.77. The van der Waals surface area contributed by atoms with Crippen molar-refractivity contribution in [2.24, 2.45) is 11.3 Å². The molecule has 226 valence electrons. The molecule has 2 aromatic rings. The molecule has 2 aliphatic carbocycles. The number of Topliss-reactive ketones (excluding diaryl/α,β-unsaturated/α-hetero) is 2. The van der Waals surface area contributed by atoms with Gasteiger partial charge in [-0.2, -0.15) is 0 Å². The maximum absolute atomic E-state index is 14.6. The van der Waals surface area contributed by atoms with Crippen molar-refractivity contribution in [1.82, 2.24) is 20.5 Å². The summed E-state index contributed by atoms with van der Waals surface area (Å²) in [5.41, 5.74) is -0.837. The summed E-state index contributed by atoms with van der Waals surface area (Å²) >= 11 is 0. The molecule has 3 amide bonds. The number of nitrogens with one attached hydrogen (secondary N) is 3. The van der Waals surface area contributed by atoms with Crippen LogP contribution in [0.5, 0.6) is 5.75 Å². The Morgan fingerprint density at radius 2 is 1.90 bits per heavy atom. The number of aromatic amines is 1. The van der Waals surface area contributed by atoms with E-state index in [1.54, 1.807) is 38.1 Å². The molecule has 0 radical (unpaired) electrons. The number of carbonyl (C=O) groups is 5. The average molecular weight is 587 g/mol. The quantitative estimate of drug-likeness (QED) is 0.386. The minimum atomic E-state index is -3.04. The van der Waals surface area contributed by atoms with Gasteiger partial charge < -0.3 is 25.3 Å². The second-order valence-corrected chi connectivity index (χ2v) is 12.1. The predicted molar refractivity (Wildman–Crippen MR) is 148 cm³/mol. The summed E-state index contributed by atoms with van der Waals surface area (Å²) in [4.78, 5) is 69.9. The molecule has 10 nitrogen and oxygen atoms in total. The van der Waals surface area contributed by atoms with E-state index in [0.29, 0.717) is 29.5 Å². The van der Waals surface area contributed by atoms with Crippen LogP contribution in [0.2, 0.25) is 0 Å². The standard InChI is InChI=1S/C30H36F2N4O6/c1-16(2)33-27(40)25(38)20(11-17-7-4-5-9-23(17)37)35-26(39)22-13-29(14-30(29,31)32)15-36(22)28(41)21-12-18-19(34-21)8-6-10-24(18)42-3/h6,8,10,12,16-17,20,22,34H,4-5,7,9,11,13-15H2,1-3H3,(H,33,40)(H,35,39)/t17-,20-,22-,29-/m0/s1. The van der Waals surface area contributed by atoms with Gasteiger partial charge in [0.25, 0.3) is 17.7 Å². The molecule has 4 atom stereocenters. The molecule has 0 bridgehead atoms. The van der Waals surface area contributed by atoms with Gasteiger partial charge in [-0.05, 0) is 57.7 Å². The van der Waals surface area contributed by atoms with Gasteiger partial charge in [-0.25, -0.2) is 8.78 Å². The van der Waals surface area contributed by atoms with E-state index in [1.165, 1.54) is 7.11 Å². The van der Waals surface area contributed by atoms with Crippen molar-refractivity contribution in [1.29, 1.82) is 0 Å². The molecule has 1 saturated heterocycles. The first-order chi connectivity index (χ1) is 19.9. The number of likely N-dealkylation sites (tertiary alicyclic amines) is 1. The van der Waals surface area contributed by atoms with E-state index in [1.807, 2.05) is 0 Å². The maximum Gasteiger partial charge on any atom is 0.289 e. The minimum absolute atomic E-state index is 0.0407. The Morgan fingerprint density at radius 1 is 1.17 bits per heavy atom. The van der Waals surface area contributed by atoms with E-state index in [-0.39, 0.29) is 36.9 Å². The number of methoxy groups -OCH3 is 1. The molecule has 1 aromatic carbocycles. The number of benzene rings is 1. The molecule has 1 spiro atoms. The fourth-order valence-corrected chi connectivity index (χ4v) is 6.36. The molecule has 12 heteroatoms.